The Balaban J connectivity index is 1.85. The van der Waals surface area contributed by atoms with Crippen LogP contribution in [0.25, 0.3) is 0 Å². The Bertz CT molecular complexity index is 317. The third kappa shape index (κ3) is 9.66. The zero-order valence-corrected chi connectivity index (χ0v) is 16.4. The van der Waals surface area contributed by atoms with Gasteiger partial charge < -0.3 is 10.0 Å². The molecule has 1 unspecified atom stereocenters. The van der Waals surface area contributed by atoms with Crippen LogP contribution < -0.4 is 0 Å². The van der Waals surface area contributed by atoms with Crippen LogP contribution in [0.4, 0.5) is 0 Å². The first kappa shape index (κ1) is 21.5. The van der Waals surface area contributed by atoms with Gasteiger partial charge in [-0.2, -0.15) is 0 Å². The summed E-state index contributed by atoms with van der Waals surface area (Å²) in [5.41, 5.74) is 0. The summed E-state index contributed by atoms with van der Waals surface area (Å²) < 4.78 is 0. The molecule has 1 aliphatic rings. The Kier molecular flexibility index (Phi) is 13.2. The molecule has 142 valence electrons. The summed E-state index contributed by atoms with van der Waals surface area (Å²) >= 11 is 0. The number of aliphatic hydroxyl groups excluding tert-OH is 1. The minimum atomic E-state index is -0.326. The van der Waals surface area contributed by atoms with Gasteiger partial charge in [-0.15, -0.1) is 0 Å². The average molecular weight is 339 g/mol. The van der Waals surface area contributed by atoms with E-state index in [4.69, 9.17) is 0 Å². The van der Waals surface area contributed by atoms with Crippen molar-refractivity contribution < 1.29 is 5.11 Å². The van der Waals surface area contributed by atoms with E-state index < -0.39 is 0 Å². The lowest BCUT2D eigenvalue weighted by atomic mass is 10.0. The fraction of sp³-hybridized carbons (Fsp3) is 0.952. The summed E-state index contributed by atoms with van der Waals surface area (Å²) in [6.45, 7) is 6.09. The second-order valence-corrected chi connectivity index (χ2v) is 7.37. The van der Waals surface area contributed by atoms with Gasteiger partial charge >= 0.3 is 0 Å². The molecule has 1 atom stereocenters. The molecule has 24 heavy (non-hydrogen) atoms. The normalized spacial score (nSPS) is 15.8. The molecule has 1 aliphatic heterocycles. The topological polar surface area (TPSA) is 35.8 Å². The van der Waals surface area contributed by atoms with Crippen molar-refractivity contribution in [1.82, 2.24) is 4.90 Å². The van der Waals surface area contributed by atoms with Gasteiger partial charge in [0, 0.05) is 13.0 Å². The molecule has 0 aromatic rings. The SMILES string of the molecule is CCCCCCCCCCCCCCCC1=NCCN1C(O)CC. The van der Waals surface area contributed by atoms with Crippen LogP contribution in [0.2, 0.25) is 0 Å². The van der Waals surface area contributed by atoms with E-state index >= 15 is 0 Å². The van der Waals surface area contributed by atoms with E-state index in [-0.39, 0.29) is 6.23 Å². The van der Waals surface area contributed by atoms with Gasteiger partial charge in [0.05, 0.1) is 6.54 Å². The Labute approximate surface area is 150 Å². The van der Waals surface area contributed by atoms with Crippen LogP contribution >= 0.6 is 0 Å². The molecule has 0 aromatic carbocycles. The van der Waals surface area contributed by atoms with Crippen molar-refractivity contribution in [2.75, 3.05) is 13.1 Å². The highest BCUT2D eigenvalue weighted by atomic mass is 16.3. The van der Waals surface area contributed by atoms with Gasteiger partial charge in [0.1, 0.15) is 12.1 Å². The van der Waals surface area contributed by atoms with Crippen LogP contribution in [0.15, 0.2) is 4.99 Å². The van der Waals surface area contributed by atoms with E-state index in [2.05, 4.69) is 16.8 Å². The Hall–Kier alpha value is -0.570. The lowest BCUT2D eigenvalue weighted by Crippen LogP contribution is -2.37. The number of unbranched alkanes of at least 4 members (excludes halogenated alkanes) is 12. The number of amidine groups is 1. The first-order valence-corrected chi connectivity index (χ1v) is 10.8. The summed E-state index contributed by atoms with van der Waals surface area (Å²) in [5.74, 6) is 1.15. The van der Waals surface area contributed by atoms with Gasteiger partial charge in [-0.3, -0.25) is 4.99 Å². The third-order valence-corrected chi connectivity index (χ3v) is 5.20. The van der Waals surface area contributed by atoms with Crippen molar-refractivity contribution in [2.45, 2.75) is 116 Å². The van der Waals surface area contributed by atoms with Crippen molar-refractivity contribution in [3.63, 3.8) is 0 Å². The predicted octanol–water partition coefficient (Wildman–Crippen LogP) is 5.91. The third-order valence-electron chi connectivity index (χ3n) is 5.20. The molecule has 1 rings (SSSR count). The van der Waals surface area contributed by atoms with Crippen LogP contribution in [0, 0.1) is 0 Å². The smallest absolute Gasteiger partial charge is 0.127 e. The summed E-state index contributed by atoms with van der Waals surface area (Å²) in [6, 6.07) is 0. The van der Waals surface area contributed by atoms with Crippen LogP contribution in [0.1, 0.15) is 110 Å². The van der Waals surface area contributed by atoms with Gasteiger partial charge in [0.2, 0.25) is 0 Å². The lowest BCUT2D eigenvalue weighted by molar-refractivity contribution is 0.0558. The largest absolute Gasteiger partial charge is 0.374 e. The number of hydrogen-bond donors (Lipinski definition) is 1. The molecule has 0 amide bonds. The molecule has 0 aromatic heterocycles. The maximum absolute atomic E-state index is 9.98. The molecule has 0 bridgehead atoms. The second-order valence-electron chi connectivity index (χ2n) is 7.37. The summed E-state index contributed by atoms with van der Waals surface area (Å²) in [4.78, 5) is 6.66. The van der Waals surface area contributed by atoms with Crippen LogP contribution in [0.3, 0.4) is 0 Å². The molecule has 3 nitrogen and oxygen atoms in total. The van der Waals surface area contributed by atoms with Crippen molar-refractivity contribution in [3.05, 3.63) is 0 Å². The fourth-order valence-corrected chi connectivity index (χ4v) is 3.57. The quantitative estimate of drug-likeness (QED) is 0.355. The molecule has 1 heterocycles. The lowest BCUT2D eigenvalue weighted by Gasteiger charge is -2.25. The second kappa shape index (κ2) is 14.7. The standard InChI is InChI=1S/C21H42N2O/c1-3-5-6-7-8-9-10-11-12-13-14-15-16-17-20-22-18-19-23(20)21(24)4-2/h21,24H,3-19H2,1-2H3. The molecular weight excluding hydrogens is 296 g/mol. The molecule has 0 aliphatic carbocycles. The minimum Gasteiger partial charge on any atom is -0.374 e. The Morgan fingerprint density at radius 2 is 1.33 bits per heavy atom. The van der Waals surface area contributed by atoms with Crippen LogP contribution in [-0.2, 0) is 0 Å². The molecule has 0 fully saturated rings. The summed E-state index contributed by atoms with van der Waals surface area (Å²) in [6.07, 6.45) is 19.6. The highest BCUT2D eigenvalue weighted by Crippen LogP contribution is 2.16. The highest BCUT2D eigenvalue weighted by Gasteiger charge is 2.21. The van der Waals surface area contributed by atoms with Gasteiger partial charge in [0.15, 0.2) is 0 Å². The molecule has 0 spiro atoms. The maximum atomic E-state index is 9.98. The molecular formula is C21H42N2O. The fourth-order valence-electron chi connectivity index (χ4n) is 3.57. The number of rotatable bonds is 16. The van der Waals surface area contributed by atoms with E-state index in [0.29, 0.717) is 0 Å². The monoisotopic (exact) mass is 338 g/mol. The zero-order valence-electron chi connectivity index (χ0n) is 16.4. The van der Waals surface area contributed by atoms with E-state index in [9.17, 15) is 5.11 Å². The maximum Gasteiger partial charge on any atom is 0.127 e. The Morgan fingerprint density at radius 3 is 1.83 bits per heavy atom. The first-order valence-electron chi connectivity index (χ1n) is 10.8. The van der Waals surface area contributed by atoms with Gasteiger partial charge in [0.25, 0.3) is 0 Å². The average Bonchev–Trinajstić information content (AvgIpc) is 3.06. The first-order chi connectivity index (χ1) is 11.8. The van der Waals surface area contributed by atoms with Crippen molar-refractivity contribution in [3.8, 4) is 0 Å². The van der Waals surface area contributed by atoms with Crippen LogP contribution in [0.5, 0.6) is 0 Å². The summed E-state index contributed by atoms with van der Waals surface area (Å²) in [7, 11) is 0. The number of hydrogen-bond acceptors (Lipinski definition) is 3. The number of nitrogens with zero attached hydrogens (tertiary/aromatic N) is 2. The predicted molar refractivity (Wildman–Crippen MR) is 106 cm³/mol. The van der Waals surface area contributed by atoms with E-state index in [1.807, 2.05) is 6.92 Å². The highest BCUT2D eigenvalue weighted by molar-refractivity contribution is 5.83. The van der Waals surface area contributed by atoms with E-state index in [0.717, 1.165) is 31.8 Å². The van der Waals surface area contributed by atoms with Gasteiger partial charge in [-0.05, 0) is 12.8 Å². The zero-order chi connectivity index (χ0) is 17.5. The molecule has 0 saturated carbocycles. The number of aliphatic imine (C=N–C) groups is 1. The minimum absolute atomic E-state index is 0.326. The number of aliphatic hydroxyl groups is 1. The van der Waals surface area contributed by atoms with Crippen LogP contribution in [-0.4, -0.2) is 35.2 Å². The van der Waals surface area contributed by atoms with E-state index in [1.165, 1.54) is 83.5 Å². The van der Waals surface area contributed by atoms with Gasteiger partial charge in [-0.25, -0.2) is 0 Å². The molecule has 0 saturated heterocycles. The van der Waals surface area contributed by atoms with E-state index in [1.54, 1.807) is 0 Å². The molecule has 0 radical (unpaired) electrons. The van der Waals surface area contributed by atoms with Crippen molar-refractivity contribution >= 4 is 5.84 Å². The summed E-state index contributed by atoms with van der Waals surface area (Å²) in [5, 5.41) is 9.98. The molecule has 1 N–H and O–H groups in total. The van der Waals surface area contributed by atoms with Crippen molar-refractivity contribution in [2.24, 2.45) is 4.99 Å². The van der Waals surface area contributed by atoms with Crippen molar-refractivity contribution in [1.29, 1.82) is 0 Å². The molecule has 3 heteroatoms. The Morgan fingerprint density at radius 1 is 0.833 bits per heavy atom. The van der Waals surface area contributed by atoms with Gasteiger partial charge in [-0.1, -0.05) is 90.9 Å².